The minimum Gasteiger partial charge on any atom is -0.445 e. The van der Waals surface area contributed by atoms with Crippen molar-refractivity contribution in [2.75, 3.05) is 6.54 Å². The lowest BCUT2D eigenvalue weighted by atomic mass is 10.1. The van der Waals surface area contributed by atoms with Gasteiger partial charge in [-0.1, -0.05) is 91.0 Å². The number of hydrogen-bond donors (Lipinski definition) is 0. The summed E-state index contributed by atoms with van der Waals surface area (Å²) in [4.78, 5) is 19.5. The average Bonchev–Trinajstić information content (AvgIpc) is 3.52. The van der Waals surface area contributed by atoms with Gasteiger partial charge in [0, 0.05) is 17.7 Å². The summed E-state index contributed by atoms with van der Waals surface area (Å²) in [5.74, 6) is 1.27. The van der Waals surface area contributed by atoms with Crippen molar-refractivity contribution in [3.8, 4) is 22.6 Å². The Bertz CT molecular complexity index is 1120. The molecular weight excluding hydrogens is 400 g/mol. The van der Waals surface area contributed by atoms with Crippen LogP contribution in [0.5, 0.6) is 0 Å². The molecule has 1 aliphatic rings. The van der Waals surface area contributed by atoms with E-state index in [-0.39, 0.29) is 18.7 Å². The number of hydrogen-bond acceptors (Lipinski definition) is 4. The van der Waals surface area contributed by atoms with Crippen molar-refractivity contribution in [1.82, 2.24) is 9.88 Å². The Hall–Kier alpha value is -3.86. The van der Waals surface area contributed by atoms with Crippen molar-refractivity contribution in [3.05, 3.63) is 102 Å². The van der Waals surface area contributed by atoms with Crippen LogP contribution < -0.4 is 0 Å². The maximum absolute atomic E-state index is 12.9. The molecule has 3 aromatic carbocycles. The van der Waals surface area contributed by atoms with Crippen LogP contribution in [0.2, 0.25) is 0 Å². The first-order valence-electron chi connectivity index (χ1n) is 10.9. The van der Waals surface area contributed by atoms with Gasteiger partial charge >= 0.3 is 6.09 Å². The molecule has 0 N–H and O–H groups in total. The highest BCUT2D eigenvalue weighted by Gasteiger charge is 2.35. The van der Waals surface area contributed by atoms with Crippen LogP contribution in [-0.4, -0.2) is 22.5 Å². The van der Waals surface area contributed by atoms with E-state index in [4.69, 9.17) is 14.1 Å². The number of carbonyl (C=O) groups excluding carboxylic acids is 1. The molecule has 1 aliphatic heterocycles. The van der Waals surface area contributed by atoms with Gasteiger partial charge in [-0.3, -0.25) is 4.90 Å². The van der Waals surface area contributed by atoms with Gasteiger partial charge in [-0.2, -0.15) is 0 Å². The molecule has 160 valence electrons. The fourth-order valence-electron chi connectivity index (χ4n) is 4.10. The summed E-state index contributed by atoms with van der Waals surface area (Å²) in [6, 6.07) is 29.4. The number of nitrogens with zero attached hydrogens (tertiary/aromatic N) is 2. The van der Waals surface area contributed by atoms with Crippen LogP contribution in [-0.2, 0) is 11.3 Å². The molecule has 1 saturated heterocycles. The molecule has 0 bridgehead atoms. The second-order valence-electron chi connectivity index (χ2n) is 7.85. The van der Waals surface area contributed by atoms with E-state index in [1.54, 1.807) is 4.90 Å². The maximum Gasteiger partial charge on any atom is 0.410 e. The lowest BCUT2D eigenvalue weighted by molar-refractivity contribution is 0.0879. The summed E-state index contributed by atoms with van der Waals surface area (Å²) >= 11 is 0. The Balaban J connectivity index is 1.43. The largest absolute Gasteiger partial charge is 0.445 e. The van der Waals surface area contributed by atoms with Gasteiger partial charge in [0.15, 0.2) is 5.76 Å². The summed E-state index contributed by atoms with van der Waals surface area (Å²) in [5.41, 5.74) is 3.70. The third kappa shape index (κ3) is 4.14. The molecule has 1 amide bonds. The summed E-state index contributed by atoms with van der Waals surface area (Å²) in [7, 11) is 0. The van der Waals surface area contributed by atoms with Gasteiger partial charge in [0.25, 0.3) is 0 Å². The molecule has 0 aliphatic carbocycles. The van der Waals surface area contributed by atoms with Crippen LogP contribution in [0.15, 0.2) is 95.4 Å². The van der Waals surface area contributed by atoms with E-state index in [0.29, 0.717) is 12.4 Å². The highest BCUT2D eigenvalue weighted by molar-refractivity contribution is 5.77. The lowest BCUT2D eigenvalue weighted by Crippen LogP contribution is -2.31. The summed E-state index contributed by atoms with van der Waals surface area (Å²) in [6.45, 7) is 0.876. The fraction of sp³-hybridized carbons (Fsp3) is 0.185. The lowest BCUT2D eigenvalue weighted by Gasteiger charge is -2.21. The van der Waals surface area contributed by atoms with Crippen LogP contribution in [0, 0.1) is 0 Å². The Morgan fingerprint density at radius 2 is 1.53 bits per heavy atom. The second kappa shape index (κ2) is 9.10. The molecular formula is C27H24N2O3. The molecule has 5 heteroatoms. The first-order chi connectivity index (χ1) is 15.8. The molecule has 32 heavy (non-hydrogen) atoms. The third-order valence-corrected chi connectivity index (χ3v) is 5.70. The zero-order valence-corrected chi connectivity index (χ0v) is 17.7. The van der Waals surface area contributed by atoms with E-state index in [9.17, 15) is 4.79 Å². The zero-order chi connectivity index (χ0) is 21.8. The Morgan fingerprint density at radius 1 is 0.906 bits per heavy atom. The van der Waals surface area contributed by atoms with Gasteiger partial charge in [-0.05, 0) is 18.4 Å². The molecule has 5 rings (SSSR count). The van der Waals surface area contributed by atoms with Gasteiger partial charge in [0.2, 0.25) is 5.89 Å². The van der Waals surface area contributed by atoms with Crippen molar-refractivity contribution in [2.45, 2.75) is 25.5 Å². The molecule has 1 aromatic heterocycles. The van der Waals surface area contributed by atoms with Crippen LogP contribution in [0.1, 0.15) is 30.3 Å². The fourth-order valence-corrected chi connectivity index (χ4v) is 4.10. The van der Waals surface area contributed by atoms with Crippen molar-refractivity contribution < 1.29 is 13.9 Å². The number of ether oxygens (including phenoxy) is 1. The van der Waals surface area contributed by atoms with Crippen molar-refractivity contribution in [1.29, 1.82) is 0 Å². The molecule has 1 fully saturated rings. The number of carbonyl (C=O) groups is 1. The minimum atomic E-state index is -0.336. The SMILES string of the molecule is O=C(OCc1ccccc1)N1CCC[C@@H]1c1nc(-c2ccccc2)c(-c2ccccc2)o1. The Morgan fingerprint density at radius 3 is 2.22 bits per heavy atom. The topological polar surface area (TPSA) is 55.6 Å². The molecule has 0 saturated carbocycles. The summed E-state index contributed by atoms with van der Waals surface area (Å²) in [6.07, 6.45) is 1.34. The molecule has 4 aromatic rings. The van der Waals surface area contributed by atoms with E-state index >= 15 is 0 Å². The van der Waals surface area contributed by atoms with E-state index in [0.717, 1.165) is 41.0 Å². The van der Waals surface area contributed by atoms with Crippen LogP contribution >= 0.6 is 0 Å². The Kier molecular flexibility index (Phi) is 5.71. The average molecular weight is 425 g/mol. The maximum atomic E-state index is 12.9. The van der Waals surface area contributed by atoms with Crippen molar-refractivity contribution in [3.63, 3.8) is 0 Å². The second-order valence-corrected chi connectivity index (χ2v) is 7.85. The van der Waals surface area contributed by atoms with Gasteiger partial charge < -0.3 is 9.15 Å². The van der Waals surface area contributed by atoms with Crippen LogP contribution in [0.3, 0.4) is 0 Å². The van der Waals surface area contributed by atoms with Gasteiger partial charge in [-0.15, -0.1) is 0 Å². The normalized spacial score (nSPS) is 15.6. The standard InChI is InChI=1S/C27H24N2O3/c30-27(31-19-20-11-4-1-5-12-20)29-18-10-17-23(29)26-28-24(21-13-6-2-7-14-21)25(32-26)22-15-8-3-9-16-22/h1-9,11-16,23H,10,17-19H2/t23-/m1/s1. The van der Waals surface area contributed by atoms with Gasteiger partial charge in [0.1, 0.15) is 18.3 Å². The number of oxazole rings is 1. The number of aromatic nitrogens is 1. The molecule has 5 nitrogen and oxygen atoms in total. The van der Waals surface area contributed by atoms with E-state index in [1.165, 1.54) is 0 Å². The number of likely N-dealkylation sites (tertiary alicyclic amines) is 1. The molecule has 0 radical (unpaired) electrons. The number of benzene rings is 3. The van der Waals surface area contributed by atoms with E-state index in [2.05, 4.69) is 0 Å². The van der Waals surface area contributed by atoms with E-state index in [1.807, 2.05) is 91.0 Å². The third-order valence-electron chi connectivity index (χ3n) is 5.70. The summed E-state index contributed by atoms with van der Waals surface area (Å²) < 4.78 is 11.9. The molecule has 1 atom stereocenters. The predicted octanol–water partition coefficient (Wildman–Crippen LogP) is 6.48. The monoisotopic (exact) mass is 424 g/mol. The summed E-state index contributed by atoms with van der Waals surface area (Å²) in [5, 5.41) is 0. The zero-order valence-electron chi connectivity index (χ0n) is 17.7. The highest BCUT2D eigenvalue weighted by atomic mass is 16.6. The van der Waals surface area contributed by atoms with Crippen molar-refractivity contribution >= 4 is 6.09 Å². The Labute approximate surface area is 187 Å². The van der Waals surface area contributed by atoms with E-state index < -0.39 is 0 Å². The predicted molar refractivity (Wildman–Crippen MR) is 123 cm³/mol. The van der Waals surface area contributed by atoms with Crippen LogP contribution in [0.25, 0.3) is 22.6 Å². The van der Waals surface area contributed by atoms with Crippen molar-refractivity contribution in [2.24, 2.45) is 0 Å². The molecule has 0 unspecified atom stereocenters. The molecule has 0 spiro atoms. The smallest absolute Gasteiger partial charge is 0.410 e. The van der Waals surface area contributed by atoms with Gasteiger partial charge in [-0.25, -0.2) is 9.78 Å². The number of amides is 1. The quantitative estimate of drug-likeness (QED) is 0.368. The minimum absolute atomic E-state index is 0.238. The van der Waals surface area contributed by atoms with Crippen LogP contribution in [0.4, 0.5) is 4.79 Å². The molecule has 2 heterocycles. The number of rotatable bonds is 5. The highest BCUT2D eigenvalue weighted by Crippen LogP contribution is 2.39. The first-order valence-corrected chi connectivity index (χ1v) is 10.9. The van der Waals surface area contributed by atoms with Gasteiger partial charge in [0.05, 0.1) is 0 Å². The first kappa shape index (κ1) is 20.1.